The number of carbonyl (C=O) groups is 1. The third-order valence-electron chi connectivity index (χ3n) is 3.96. The summed E-state index contributed by atoms with van der Waals surface area (Å²) in [6.07, 6.45) is 2.21. The number of nitrogens with one attached hydrogen (secondary N) is 1. The highest BCUT2D eigenvalue weighted by atomic mass is 16.5. The van der Waals surface area contributed by atoms with Gasteiger partial charge in [-0.2, -0.15) is 0 Å². The molecule has 1 fully saturated rings. The van der Waals surface area contributed by atoms with Gasteiger partial charge in [0, 0.05) is 19.3 Å². The van der Waals surface area contributed by atoms with E-state index in [0.29, 0.717) is 25.3 Å². The number of para-hydroxylation sites is 1. The van der Waals surface area contributed by atoms with Crippen LogP contribution in [0.15, 0.2) is 54.7 Å². The van der Waals surface area contributed by atoms with E-state index in [0.717, 1.165) is 5.75 Å². The minimum Gasteiger partial charge on any atom is -0.491 e. The molecule has 0 bridgehead atoms. The summed E-state index contributed by atoms with van der Waals surface area (Å²) in [5.41, 5.74) is -0.929. The largest absolute Gasteiger partial charge is 0.491 e. The fourth-order valence-electron chi connectivity index (χ4n) is 2.75. The molecule has 0 saturated carbocycles. The molecule has 2 heterocycles. The molecule has 1 amide bonds. The van der Waals surface area contributed by atoms with Gasteiger partial charge in [0.05, 0.1) is 6.54 Å². The highest BCUT2D eigenvalue weighted by Crippen LogP contribution is 2.22. The van der Waals surface area contributed by atoms with Crippen molar-refractivity contribution in [2.75, 3.05) is 31.6 Å². The first kappa shape index (κ1) is 16.4. The summed E-state index contributed by atoms with van der Waals surface area (Å²) in [6.45, 7) is 1.51. The molecule has 24 heavy (non-hydrogen) atoms. The molecule has 0 radical (unpaired) electrons. The highest BCUT2D eigenvalue weighted by molar-refractivity contribution is 5.91. The monoisotopic (exact) mass is 327 g/mol. The van der Waals surface area contributed by atoms with Gasteiger partial charge in [-0.1, -0.05) is 24.3 Å². The summed E-state index contributed by atoms with van der Waals surface area (Å²) in [7, 11) is 0. The number of anilines is 1. The lowest BCUT2D eigenvalue weighted by molar-refractivity contribution is -0.117. The molecule has 3 rings (SSSR count). The van der Waals surface area contributed by atoms with Crippen molar-refractivity contribution in [3.8, 4) is 5.75 Å². The molecule has 0 aliphatic carbocycles. The predicted molar refractivity (Wildman–Crippen MR) is 90.8 cm³/mol. The van der Waals surface area contributed by atoms with Gasteiger partial charge in [-0.05, 0) is 30.7 Å². The van der Waals surface area contributed by atoms with Crippen LogP contribution >= 0.6 is 0 Å². The molecule has 1 aliphatic heterocycles. The number of aromatic nitrogens is 1. The number of rotatable bonds is 6. The molecule has 6 nitrogen and oxygen atoms in total. The number of benzene rings is 1. The molecular formula is C18H21N3O3. The quantitative estimate of drug-likeness (QED) is 0.842. The van der Waals surface area contributed by atoms with Gasteiger partial charge in [0.1, 0.15) is 23.8 Å². The number of hydrogen-bond acceptors (Lipinski definition) is 5. The molecular weight excluding hydrogens is 306 g/mol. The Morgan fingerprint density at radius 1 is 1.25 bits per heavy atom. The van der Waals surface area contributed by atoms with E-state index in [1.807, 2.05) is 41.3 Å². The average Bonchev–Trinajstić information content (AvgIpc) is 2.96. The number of amides is 1. The fourth-order valence-corrected chi connectivity index (χ4v) is 2.75. The van der Waals surface area contributed by atoms with Crippen molar-refractivity contribution in [3.63, 3.8) is 0 Å². The first-order valence-electron chi connectivity index (χ1n) is 7.96. The number of ether oxygens (including phenoxy) is 1. The van der Waals surface area contributed by atoms with Crippen LogP contribution in [0.1, 0.15) is 6.42 Å². The van der Waals surface area contributed by atoms with Crippen molar-refractivity contribution in [1.29, 1.82) is 0 Å². The van der Waals surface area contributed by atoms with Crippen LogP contribution in [-0.2, 0) is 4.79 Å². The van der Waals surface area contributed by atoms with Gasteiger partial charge in [-0.15, -0.1) is 0 Å². The Hall–Kier alpha value is -2.44. The molecule has 1 aromatic heterocycles. The van der Waals surface area contributed by atoms with Crippen LogP contribution in [-0.4, -0.2) is 52.7 Å². The Morgan fingerprint density at radius 3 is 2.79 bits per heavy atom. The number of aliphatic hydroxyl groups is 1. The molecule has 2 aromatic rings. The molecule has 1 unspecified atom stereocenters. The summed E-state index contributed by atoms with van der Waals surface area (Å²) in [5, 5.41) is 13.4. The summed E-state index contributed by atoms with van der Waals surface area (Å²) in [6, 6.07) is 14.8. The minimum absolute atomic E-state index is 0.137. The lowest BCUT2D eigenvalue weighted by Gasteiger charge is -2.23. The number of pyridine rings is 1. The molecule has 126 valence electrons. The zero-order valence-electron chi connectivity index (χ0n) is 13.4. The van der Waals surface area contributed by atoms with E-state index in [9.17, 15) is 9.90 Å². The average molecular weight is 327 g/mol. The van der Waals surface area contributed by atoms with E-state index < -0.39 is 5.60 Å². The Labute approximate surface area is 141 Å². The maximum Gasteiger partial charge on any atom is 0.239 e. The maximum absolute atomic E-state index is 12.1. The predicted octanol–water partition coefficient (Wildman–Crippen LogP) is 1.54. The van der Waals surface area contributed by atoms with Gasteiger partial charge in [-0.3, -0.25) is 9.69 Å². The summed E-state index contributed by atoms with van der Waals surface area (Å²) in [5.74, 6) is 1.13. The van der Waals surface area contributed by atoms with Crippen LogP contribution in [0.3, 0.4) is 0 Å². The van der Waals surface area contributed by atoms with Crippen molar-refractivity contribution in [2.24, 2.45) is 0 Å². The third-order valence-corrected chi connectivity index (χ3v) is 3.96. The van der Waals surface area contributed by atoms with Gasteiger partial charge < -0.3 is 15.2 Å². The minimum atomic E-state index is -0.929. The van der Waals surface area contributed by atoms with Crippen LogP contribution in [0.25, 0.3) is 0 Å². The standard InChI is InChI=1S/C18H21N3O3/c22-17(20-16-8-4-5-10-19-16)12-21-11-9-18(23,13-21)14-24-15-6-2-1-3-7-15/h1-8,10,23H,9,11-14H2,(H,19,20,22). The van der Waals surface area contributed by atoms with E-state index in [1.165, 1.54) is 0 Å². The highest BCUT2D eigenvalue weighted by Gasteiger charge is 2.37. The second-order valence-corrected chi connectivity index (χ2v) is 6.05. The van der Waals surface area contributed by atoms with Crippen molar-refractivity contribution in [2.45, 2.75) is 12.0 Å². The summed E-state index contributed by atoms with van der Waals surface area (Å²) < 4.78 is 5.65. The summed E-state index contributed by atoms with van der Waals surface area (Å²) >= 11 is 0. The Bertz CT molecular complexity index is 666. The fraction of sp³-hybridized carbons (Fsp3) is 0.333. The number of carbonyl (C=O) groups excluding carboxylic acids is 1. The van der Waals surface area contributed by atoms with Crippen LogP contribution in [0.2, 0.25) is 0 Å². The smallest absolute Gasteiger partial charge is 0.239 e. The molecule has 1 saturated heterocycles. The second-order valence-electron chi connectivity index (χ2n) is 6.05. The number of nitrogens with zero attached hydrogens (tertiary/aromatic N) is 2. The zero-order chi connectivity index (χ0) is 16.8. The zero-order valence-corrected chi connectivity index (χ0v) is 13.4. The van der Waals surface area contributed by atoms with Crippen LogP contribution in [0.5, 0.6) is 5.75 Å². The maximum atomic E-state index is 12.1. The Balaban J connectivity index is 1.46. The number of hydrogen-bond donors (Lipinski definition) is 2. The van der Waals surface area contributed by atoms with E-state index in [-0.39, 0.29) is 19.1 Å². The Morgan fingerprint density at radius 2 is 2.04 bits per heavy atom. The number of β-amino-alcohol motifs (C(OH)–C–C–N with tert-alkyl or cyclic N) is 1. The van der Waals surface area contributed by atoms with Crippen molar-refractivity contribution < 1.29 is 14.6 Å². The van der Waals surface area contributed by atoms with E-state index >= 15 is 0 Å². The summed E-state index contributed by atoms with van der Waals surface area (Å²) in [4.78, 5) is 18.0. The van der Waals surface area contributed by atoms with Crippen molar-refractivity contribution in [1.82, 2.24) is 9.88 Å². The van der Waals surface area contributed by atoms with E-state index in [1.54, 1.807) is 18.3 Å². The molecule has 6 heteroatoms. The lowest BCUT2D eigenvalue weighted by atomic mass is 10.1. The topological polar surface area (TPSA) is 74.7 Å². The number of likely N-dealkylation sites (tertiary alicyclic amines) is 1. The molecule has 1 aromatic carbocycles. The van der Waals surface area contributed by atoms with Gasteiger partial charge in [0.2, 0.25) is 5.91 Å². The Kier molecular flexibility index (Phi) is 5.08. The lowest BCUT2D eigenvalue weighted by Crippen LogP contribution is -2.41. The van der Waals surface area contributed by atoms with Gasteiger partial charge in [0.15, 0.2) is 0 Å². The molecule has 1 atom stereocenters. The SMILES string of the molecule is O=C(CN1CCC(O)(COc2ccccc2)C1)Nc1ccccn1. The second kappa shape index (κ2) is 7.42. The molecule has 0 spiro atoms. The molecule has 2 N–H and O–H groups in total. The van der Waals surface area contributed by atoms with Crippen molar-refractivity contribution in [3.05, 3.63) is 54.7 Å². The van der Waals surface area contributed by atoms with Gasteiger partial charge >= 0.3 is 0 Å². The first-order valence-corrected chi connectivity index (χ1v) is 7.96. The van der Waals surface area contributed by atoms with Gasteiger partial charge in [-0.25, -0.2) is 4.98 Å². The van der Waals surface area contributed by atoms with E-state index in [4.69, 9.17) is 4.74 Å². The van der Waals surface area contributed by atoms with Crippen LogP contribution < -0.4 is 10.1 Å². The van der Waals surface area contributed by atoms with Crippen molar-refractivity contribution >= 4 is 11.7 Å². The van der Waals surface area contributed by atoms with Crippen LogP contribution in [0.4, 0.5) is 5.82 Å². The third kappa shape index (κ3) is 4.53. The van der Waals surface area contributed by atoms with Crippen LogP contribution in [0, 0.1) is 0 Å². The van der Waals surface area contributed by atoms with Gasteiger partial charge in [0.25, 0.3) is 0 Å². The normalized spacial score (nSPS) is 20.7. The molecule has 1 aliphatic rings. The van der Waals surface area contributed by atoms with E-state index in [2.05, 4.69) is 10.3 Å². The first-order chi connectivity index (χ1) is 11.6.